The standard InChI is InChI=1S/C21H37N5.HI/c1-5-18(4)24-21(22-6-2)23-16-19-10-8-9-11-20(19)17-26-14-12-25(7-3)13-15-26;/h8-11,18H,5-7,12-17H2,1-4H3,(H2,22,23,24);1H. The van der Waals surface area contributed by atoms with Gasteiger partial charge in [-0.15, -0.1) is 24.0 Å². The average Bonchev–Trinajstić information content (AvgIpc) is 2.67. The summed E-state index contributed by atoms with van der Waals surface area (Å²) in [6.07, 6.45) is 1.09. The van der Waals surface area contributed by atoms with Gasteiger partial charge in [-0.3, -0.25) is 4.90 Å². The number of hydrogen-bond donors (Lipinski definition) is 2. The molecule has 0 aliphatic carbocycles. The van der Waals surface area contributed by atoms with Crippen LogP contribution in [0, 0.1) is 0 Å². The maximum absolute atomic E-state index is 4.82. The van der Waals surface area contributed by atoms with Crippen LogP contribution in [0.3, 0.4) is 0 Å². The lowest BCUT2D eigenvalue weighted by molar-refractivity contribution is 0.131. The van der Waals surface area contributed by atoms with Gasteiger partial charge in [-0.1, -0.05) is 38.1 Å². The number of nitrogens with one attached hydrogen (secondary N) is 2. The van der Waals surface area contributed by atoms with E-state index in [0.29, 0.717) is 6.04 Å². The van der Waals surface area contributed by atoms with E-state index in [4.69, 9.17) is 4.99 Å². The molecule has 0 saturated carbocycles. The van der Waals surface area contributed by atoms with Gasteiger partial charge in [-0.25, -0.2) is 4.99 Å². The van der Waals surface area contributed by atoms with Crippen LogP contribution in [0.2, 0.25) is 0 Å². The molecular formula is C21H38IN5. The lowest BCUT2D eigenvalue weighted by Crippen LogP contribution is -2.45. The quantitative estimate of drug-likeness (QED) is 0.336. The number of aliphatic imine (C=N–C) groups is 1. The van der Waals surface area contributed by atoms with E-state index in [9.17, 15) is 0 Å². The number of nitrogens with zero attached hydrogens (tertiary/aromatic N) is 3. The Hall–Kier alpha value is -0.860. The molecule has 1 heterocycles. The Morgan fingerprint density at radius 2 is 1.67 bits per heavy atom. The summed E-state index contributed by atoms with van der Waals surface area (Å²) in [5, 5.41) is 6.83. The van der Waals surface area contributed by atoms with Crippen LogP contribution in [0.4, 0.5) is 0 Å². The van der Waals surface area contributed by atoms with Crippen molar-refractivity contribution in [2.45, 2.75) is 53.2 Å². The molecule has 27 heavy (non-hydrogen) atoms. The zero-order valence-electron chi connectivity index (χ0n) is 17.5. The number of hydrogen-bond acceptors (Lipinski definition) is 3. The highest BCUT2D eigenvalue weighted by Crippen LogP contribution is 2.14. The summed E-state index contributed by atoms with van der Waals surface area (Å²) in [6, 6.07) is 9.17. The van der Waals surface area contributed by atoms with Crippen LogP contribution in [0.15, 0.2) is 29.3 Å². The minimum Gasteiger partial charge on any atom is -0.357 e. The Kier molecular flexibility index (Phi) is 11.9. The molecule has 1 saturated heterocycles. The van der Waals surface area contributed by atoms with Crippen molar-refractivity contribution >= 4 is 29.9 Å². The highest BCUT2D eigenvalue weighted by molar-refractivity contribution is 14.0. The summed E-state index contributed by atoms with van der Waals surface area (Å²) in [7, 11) is 0. The van der Waals surface area contributed by atoms with Crippen molar-refractivity contribution in [3.8, 4) is 0 Å². The van der Waals surface area contributed by atoms with Crippen LogP contribution in [0.1, 0.15) is 45.2 Å². The molecule has 1 unspecified atom stereocenters. The van der Waals surface area contributed by atoms with E-state index in [1.54, 1.807) is 0 Å². The van der Waals surface area contributed by atoms with Gasteiger partial charge in [-0.2, -0.15) is 0 Å². The SMILES string of the molecule is CCNC(=NCc1ccccc1CN1CCN(CC)CC1)NC(C)CC.I. The number of guanidine groups is 1. The summed E-state index contributed by atoms with van der Waals surface area (Å²) >= 11 is 0. The van der Waals surface area contributed by atoms with Crippen molar-refractivity contribution in [3.63, 3.8) is 0 Å². The van der Waals surface area contributed by atoms with Gasteiger partial charge in [0.25, 0.3) is 0 Å². The second kappa shape index (κ2) is 13.3. The van der Waals surface area contributed by atoms with Gasteiger partial charge in [-0.05, 0) is 37.9 Å². The predicted octanol–water partition coefficient (Wildman–Crippen LogP) is 3.30. The summed E-state index contributed by atoms with van der Waals surface area (Å²) in [4.78, 5) is 9.91. The fraction of sp³-hybridized carbons (Fsp3) is 0.667. The molecule has 0 aromatic heterocycles. The highest BCUT2D eigenvalue weighted by atomic mass is 127. The normalized spacial score (nSPS) is 17.3. The molecule has 0 radical (unpaired) electrons. The van der Waals surface area contributed by atoms with Gasteiger partial charge in [0.1, 0.15) is 0 Å². The fourth-order valence-corrected chi connectivity index (χ4v) is 3.19. The van der Waals surface area contributed by atoms with Crippen LogP contribution >= 0.6 is 24.0 Å². The lowest BCUT2D eigenvalue weighted by atomic mass is 10.1. The molecule has 0 bridgehead atoms. The minimum absolute atomic E-state index is 0. The molecule has 2 rings (SSSR count). The molecule has 1 fully saturated rings. The number of likely N-dealkylation sites (N-methyl/N-ethyl adjacent to an activating group) is 1. The molecule has 0 spiro atoms. The zero-order chi connectivity index (χ0) is 18.8. The van der Waals surface area contributed by atoms with Crippen molar-refractivity contribution < 1.29 is 0 Å². The summed E-state index contributed by atoms with van der Waals surface area (Å²) in [6.45, 7) is 17.2. The summed E-state index contributed by atoms with van der Waals surface area (Å²) in [5.74, 6) is 0.910. The van der Waals surface area contributed by atoms with Crippen LogP contribution in [-0.4, -0.2) is 61.1 Å². The first-order valence-electron chi connectivity index (χ1n) is 10.2. The van der Waals surface area contributed by atoms with E-state index in [0.717, 1.165) is 51.6 Å². The van der Waals surface area contributed by atoms with Gasteiger partial charge in [0.2, 0.25) is 0 Å². The molecule has 6 heteroatoms. The summed E-state index contributed by atoms with van der Waals surface area (Å²) < 4.78 is 0. The van der Waals surface area contributed by atoms with Crippen molar-refractivity contribution in [1.29, 1.82) is 0 Å². The Bertz CT molecular complexity index is 555. The Morgan fingerprint density at radius 1 is 1.04 bits per heavy atom. The van der Waals surface area contributed by atoms with Crippen molar-refractivity contribution in [1.82, 2.24) is 20.4 Å². The predicted molar refractivity (Wildman–Crippen MR) is 127 cm³/mol. The van der Waals surface area contributed by atoms with E-state index in [2.05, 4.69) is 72.4 Å². The van der Waals surface area contributed by atoms with E-state index in [1.807, 2.05) is 0 Å². The number of benzene rings is 1. The molecule has 154 valence electrons. The monoisotopic (exact) mass is 487 g/mol. The third kappa shape index (κ3) is 8.35. The second-order valence-electron chi connectivity index (χ2n) is 7.13. The number of rotatable bonds is 8. The Labute approximate surface area is 183 Å². The average molecular weight is 487 g/mol. The van der Waals surface area contributed by atoms with Gasteiger partial charge < -0.3 is 15.5 Å². The third-order valence-corrected chi connectivity index (χ3v) is 5.17. The van der Waals surface area contributed by atoms with Crippen LogP contribution in [-0.2, 0) is 13.1 Å². The fourth-order valence-electron chi connectivity index (χ4n) is 3.19. The first-order chi connectivity index (χ1) is 12.7. The van der Waals surface area contributed by atoms with Crippen molar-refractivity contribution in [2.75, 3.05) is 39.3 Å². The largest absolute Gasteiger partial charge is 0.357 e. The smallest absolute Gasteiger partial charge is 0.191 e. The lowest BCUT2D eigenvalue weighted by Gasteiger charge is -2.34. The van der Waals surface area contributed by atoms with Crippen LogP contribution in [0.25, 0.3) is 0 Å². The summed E-state index contributed by atoms with van der Waals surface area (Å²) in [5.41, 5.74) is 2.73. The maximum atomic E-state index is 4.82. The molecule has 1 aliphatic heterocycles. The van der Waals surface area contributed by atoms with E-state index in [1.165, 1.54) is 24.2 Å². The molecule has 1 aliphatic rings. The highest BCUT2D eigenvalue weighted by Gasteiger charge is 2.16. The number of piperazine rings is 1. The van der Waals surface area contributed by atoms with Crippen molar-refractivity contribution in [2.24, 2.45) is 4.99 Å². The second-order valence-corrected chi connectivity index (χ2v) is 7.13. The zero-order valence-corrected chi connectivity index (χ0v) is 19.8. The Balaban J connectivity index is 0.00000364. The first kappa shape index (κ1) is 24.2. The van der Waals surface area contributed by atoms with E-state index >= 15 is 0 Å². The third-order valence-electron chi connectivity index (χ3n) is 5.17. The minimum atomic E-state index is 0. The topological polar surface area (TPSA) is 42.9 Å². The van der Waals surface area contributed by atoms with E-state index in [-0.39, 0.29) is 24.0 Å². The molecule has 1 aromatic rings. The molecule has 2 N–H and O–H groups in total. The van der Waals surface area contributed by atoms with Gasteiger partial charge in [0, 0.05) is 45.3 Å². The first-order valence-corrected chi connectivity index (χ1v) is 10.2. The molecule has 1 atom stereocenters. The van der Waals surface area contributed by atoms with E-state index < -0.39 is 0 Å². The Morgan fingerprint density at radius 3 is 2.26 bits per heavy atom. The van der Waals surface area contributed by atoms with Gasteiger partial charge >= 0.3 is 0 Å². The molecule has 1 aromatic carbocycles. The van der Waals surface area contributed by atoms with Crippen LogP contribution < -0.4 is 10.6 Å². The maximum Gasteiger partial charge on any atom is 0.191 e. The molecule has 5 nitrogen and oxygen atoms in total. The van der Waals surface area contributed by atoms with Gasteiger partial charge in [0.05, 0.1) is 6.54 Å². The van der Waals surface area contributed by atoms with Crippen molar-refractivity contribution in [3.05, 3.63) is 35.4 Å². The van der Waals surface area contributed by atoms with Crippen LogP contribution in [0.5, 0.6) is 0 Å². The molecular weight excluding hydrogens is 449 g/mol. The van der Waals surface area contributed by atoms with Gasteiger partial charge in [0.15, 0.2) is 5.96 Å². The molecule has 0 amide bonds. The number of halogens is 1.